The number of rotatable bonds is 6. The Bertz CT molecular complexity index is 490. The molecule has 0 amide bonds. The van der Waals surface area contributed by atoms with Gasteiger partial charge in [0, 0.05) is 18.8 Å². The van der Waals surface area contributed by atoms with Crippen LogP contribution in [0.25, 0.3) is 0 Å². The van der Waals surface area contributed by atoms with Crippen molar-refractivity contribution in [3.05, 3.63) is 60.2 Å². The van der Waals surface area contributed by atoms with Gasteiger partial charge in [0.25, 0.3) is 0 Å². The second-order valence-corrected chi connectivity index (χ2v) is 4.26. The van der Waals surface area contributed by atoms with E-state index in [0.29, 0.717) is 19.5 Å². The molecule has 20 heavy (non-hydrogen) atoms. The zero-order valence-corrected chi connectivity index (χ0v) is 11.4. The van der Waals surface area contributed by atoms with E-state index in [2.05, 4.69) is 9.97 Å². The van der Waals surface area contributed by atoms with E-state index in [0.717, 1.165) is 11.4 Å². The largest absolute Gasteiger partial charge is 0.367 e. The van der Waals surface area contributed by atoms with Crippen molar-refractivity contribution in [2.24, 2.45) is 0 Å². The van der Waals surface area contributed by atoms with Crippen LogP contribution >= 0.6 is 0 Å². The van der Waals surface area contributed by atoms with Crippen LogP contribution in [0.5, 0.6) is 0 Å². The highest BCUT2D eigenvalue weighted by Gasteiger charge is 2.13. The van der Waals surface area contributed by atoms with Crippen molar-refractivity contribution in [3.63, 3.8) is 0 Å². The minimum Gasteiger partial charge on any atom is -0.367 e. The highest BCUT2D eigenvalue weighted by molar-refractivity contribution is 5.68. The highest BCUT2D eigenvalue weighted by Crippen LogP contribution is 2.08. The number of hydrogen-bond donors (Lipinski definition) is 0. The third-order valence-corrected chi connectivity index (χ3v) is 2.65. The molecule has 0 atom stereocenters. The minimum absolute atomic E-state index is 0.267. The maximum absolute atomic E-state index is 11.5. The highest BCUT2D eigenvalue weighted by atomic mass is 16.7. The van der Waals surface area contributed by atoms with E-state index in [1.807, 2.05) is 36.4 Å². The first-order chi connectivity index (χ1) is 9.78. The molecule has 5 heteroatoms. The number of aromatic nitrogens is 2. The maximum atomic E-state index is 11.5. The molecule has 0 aliphatic heterocycles. The third-order valence-electron chi connectivity index (χ3n) is 2.65. The maximum Gasteiger partial charge on any atom is 0.324 e. The SMILES string of the molecule is CCC(=O)ON(Cc1ccccn1)Cc1ccccn1. The van der Waals surface area contributed by atoms with E-state index < -0.39 is 0 Å². The van der Waals surface area contributed by atoms with Crippen molar-refractivity contribution < 1.29 is 9.63 Å². The lowest BCUT2D eigenvalue weighted by Gasteiger charge is -2.20. The van der Waals surface area contributed by atoms with Crippen LogP contribution in [0.15, 0.2) is 48.8 Å². The second kappa shape index (κ2) is 7.35. The van der Waals surface area contributed by atoms with Gasteiger partial charge >= 0.3 is 5.97 Å². The fourth-order valence-corrected chi connectivity index (χ4v) is 1.67. The molecule has 2 aromatic rings. The lowest BCUT2D eigenvalue weighted by molar-refractivity contribution is -0.197. The molecule has 0 saturated carbocycles. The Kier molecular flexibility index (Phi) is 5.20. The third kappa shape index (κ3) is 4.44. The van der Waals surface area contributed by atoms with Crippen molar-refractivity contribution in [1.82, 2.24) is 15.0 Å². The van der Waals surface area contributed by atoms with Gasteiger partial charge in [-0.25, -0.2) is 0 Å². The molecule has 2 aromatic heterocycles. The average molecular weight is 271 g/mol. The first-order valence-corrected chi connectivity index (χ1v) is 6.53. The summed E-state index contributed by atoms with van der Waals surface area (Å²) in [4.78, 5) is 25.3. The summed E-state index contributed by atoms with van der Waals surface area (Å²) in [5.74, 6) is -0.267. The van der Waals surface area contributed by atoms with Gasteiger partial charge in [0.2, 0.25) is 0 Å². The smallest absolute Gasteiger partial charge is 0.324 e. The average Bonchev–Trinajstić information content (AvgIpc) is 2.49. The standard InChI is InChI=1S/C15H17N3O2/c1-2-15(19)20-18(11-13-7-3-5-9-16-13)12-14-8-4-6-10-17-14/h3-10H,2,11-12H2,1H3. The summed E-state index contributed by atoms with van der Waals surface area (Å²) in [6.45, 7) is 2.63. The molecule has 0 unspecified atom stereocenters. The molecule has 2 heterocycles. The van der Waals surface area contributed by atoms with Crippen LogP contribution < -0.4 is 0 Å². The Labute approximate surface area is 118 Å². The van der Waals surface area contributed by atoms with Crippen molar-refractivity contribution in [2.45, 2.75) is 26.4 Å². The van der Waals surface area contributed by atoms with Crippen LogP contribution in [0.2, 0.25) is 0 Å². The summed E-state index contributed by atoms with van der Waals surface area (Å²) in [6, 6.07) is 11.3. The first-order valence-electron chi connectivity index (χ1n) is 6.53. The van der Waals surface area contributed by atoms with Gasteiger partial charge < -0.3 is 4.84 Å². The predicted molar refractivity (Wildman–Crippen MR) is 74.1 cm³/mol. The van der Waals surface area contributed by atoms with Crippen molar-refractivity contribution in [2.75, 3.05) is 0 Å². The molecule has 2 rings (SSSR count). The Balaban J connectivity index is 2.06. The first kappa shape index (κ1) is 14.1. The van der Waals surface area contributed by atoms with Gasteiger partial charge in [-0.15, -0.1) is 5.06 Å². The van der Waals surface area contributed by atoms with Crippen LogP contribution in [0.4, 0.5) is 0 Å². The molecular weight excluding hydrogens is 254 g/mol. The summed E-state index contributed by atoms with van der Waals surface area (Å²) < 4.78 is 0. The summed E-state index contributed by atoms with van der Waals surface area (Å²) in [5.41, 5.74) is 1.68. The van der Waals surface area contributed by atoms with E-state index in [1.165, 1.54) is 0 Å². The normalized spacial score (nSPS) is 10.5. The summed E-state index contributed by atoms with van der Waals surface area (Å²) >= 11 is 0. The zero-order valence-electron chi connectivity index (χ0n) is 11.4. The van der Waals surface area contributed by atoms with Crippen LogP contribution in [0, 0.1) is 0 Å². The molecule has 0 fully saturated rings. The second-order valence-electron chi connectivity index (χ2n) is 4.26. The van der Waals surface area contributed by atoms with Crippen molar-refractivity contribution in [3.8, 4) is 0 Å². The molecule has 104 valence electrons. The predicted octanol–water partition coefficient (Wildman–Crippen LogP) is 2.35. The zero-order chi connectivity index (χ0) is 14.2. The van der Waals surface area contributed by atoms with Gasteiger partial charge in [0.15, 0.2) is 0 Å². The number of nitrogens with zero attached hydrogens (tertiary/aromatic N) is 3. The van der Waals surface area contributed by atoms with Crippen molar-refractivity contribution >= 4 is 5.97 Å². The minimum atomic E-state index is -0.267. The van der Waals surface area contributed by atoms with E-state index in [9.17, 15) is 4.79 Å². The molecule has 0 saturated heterocycles. The van der Waals surface area contributed by atoms with Gasteiger partial charge in [-0.2, -0.15) is 0 Å². The summed E-state index contributed by atoms with van der Waals surface area (Å²) in [7, 11) is 0. The number of hydroxylamine groups is 2. The summed E-state index contributed by atoms with van der Waals surface area (Å²) in [6.07, 6.45) is 3.77. The van der Waals surface area contributed by atoms with Crippen LogP contribution in [0.3, 0.4) is 0 Å². The quantitative estimate of drug-likeness (QED) is 0.755. The van der Waals surface area contributed by atoms with E-state index in [4.69, 9.17) is 4.84 Å². The Morgan fingerprint density at radius 1 is 1.05 bits per heavy atom. The number of hydrogen-bond acceptors (Lipinski definition) is 5. The molecule has 0 bridgehead atoms. The molecule has 0 spiro atoms. The lowest BCUT2D eigenvalue weighted by Crippen LogP contribution is -2.27. The summed E-state index contributed by atoms with van der Waals surface area (Å²) in [5, 5.41) is 1.58. The van der Waals surface area contributed by atoms with Crippen LogP contribution in [0.1, 0.15) is 24.7 Å². The van der Waals surface area contributed by atoms with Crippen molar-refractivity contribution in [1.29, 1.82) is 0 Å². The molecule has 0 aromatic carbocycles. The Morgan fingerprint density at radius 3 is 2.00 bits per heavy atom. The topological polar surface area (TPSA) is 55.3 Å². The molecule has 5 nitrogen and oxygen atoms in total. The van der Waals surface area contributed by atoms with Gasteiger partial charge in [0.05, 0.1) is 24.5 Å². The van der Waals surface area contributed by atoms with Gasteiger partial charge in [-0.1, -0.05) is 19.1 Å². The monoisotopic (exact) mass is 271 g/mol. The molecule has 0 N–H and O–H groups in total. The fourth-order valence-electron chi connectivity index (χ4n) is 1.67. The van der Waals surface area contributed by atoms with E-state index in [1.54, 1.807) is 24.4 Å². The van der Waals surface area contributed by atoms with Gasteiger partial charge in [-0.3, -0.25) is 14.8 Å². The van der Waals surface area contributed by atoms with E-state index >= 15 is 0 Å². The number of pyridine rings is 2. The van der Waals surface area contributed by atoms with E-state index in [-0.39, 0.29) is 5.97 Å². The Hall–Kier alpha value is -2.27. The Morgan fingerprint density at radius 2 is 1.60 bits per heavy atom. The fraction of sp³-hybridized carbons (Fsp3) is 0.267. The van der Waals surface area contributed by atoms with Gasteiger partial charge in [0.1, 0.15) is 0 Å². The molecular formula is C15H17N3O2. The molecule has 0 aliphatic rings. The van der Waals surface area contributed by atoms with Crippen LogP contribution in [-0.2, 0) is 22.7 Å². The molecule has 0 radical (unpaired) electrons. The lowest BCUT2D eigenvalue weighted by atomic mass is 10.3. The van der Waals surface area contributed by atoms with Crippen LogP contribution in [-0.4, -0.2) is 21.0 Å². The number of carbonyl (C=O) groups is 1. The van der Waals surface area contributed by atoms with Gasteiger partial charge in [-0.05, 0) is 24.3 Å². The molecule has 0 aliphatic carbocycles. The number of carbonyl (C=O) groups excluding carboxylic acids is 1.